The number of aryl methyl sites for hydroxylation is 1. The van der Waals surface area contributed by atoms with E-state index in [9.17, 15) is 5.11 Å². The molecule has 0 aliphatic heterocycles. The lowest BCUT2D eigenvalue weighted by atomic mass is 9.99. The second-order valence-corrected chi connectivity index (χ2v) is 6.36. The first-order chi connectivity index (χ1) is 9.97. The van der Waals surface area contributed by atoms with Crippen LogP contribution < -0.4 is 9.47 Å². The number of halogens is 2. The van der Waals surface area contributed by atoms with Gasteiger partial charge in [-0.25, -0.2) is 0 Å². The van der Waals surface area contributed by atoms with Crippen molar-refractivity contribution in [2.24, 2.45) is 0 Å². The Morgan fingerprint density at radius 3 is 2.19 bits per heavy atom. The van der Waals surface area contributed by atoms with E-state index in [4.69, 9.17) is 9.47 Å². The third kappa shape index (κ3) is 3.42. The van der Waals surface area contributed by atoms with Crippen LogP contribution >= 0.6 is 31.9 Å². The van der Waals surface area contributed by atoms with Gasteiger partial charge in [-0.1, -0.05) is 33.6 Å². The van der Waals surface area contributed by atoms with Gasteiger partial charge in [-0.15, -0.1) is 0 Å². The van der Waals surface area contributed by atoms with E-state index in [1.807, 2.05) is 25.1 Å². The molecule has 112 valence electrons. The van der Waals surface area contributed by atoms with Crippen LogP contribution in [0, 0.1) is 6.92 Å². The lowest BCUT2D eigenvalue weighted by Gasteiger charge is -2.18. The lowest BCUT2D eigenvalue weighted by Crippen LogP contribution is -2.04. The van der Waals surface area contributed by atoms with Gasteiger partial charge in [0.1, 0.15) is 17.6 Å². The van der Waals surface area contributed by atoms with Gasteiger partial charge in [0, 0.05) is 10.0 Å². The molecule has 0 radical (unpaired) electrons. The van der Waals surface area contributed by atoms with Crippen LogP contribution in [0.3, 0.4) is 0 Å². The molecular weight excluding hydrogens is 400 g/mol. The van der Waals surface area contributed by atoms with Gasteiger partial charge in [-0.05, 0) is 46.6 Å². The molecule has 21 heavy (non-hydrogen) atoms. The first-order valence-corrected chi connectivity index (χ1v) is 7.92. The van der Waals surface area contributed by atoms with Gasteiger partial charge >= 0.3 is 0 Å². The standard InChI is InChI=1S/C16H16Br2O3/c1-9-4-5-12(17)10(6-9)16(19)11-7-15(21-3)13(18)8-14(11)20-2/h4-8,16,19H,1-3H3. The normalized spacial score (nSPS) is 12.1. The Labute approximate surface area is 141 Å². The van der Waals surface area contributed by atoms with Gasteiger partial charge in [0.2, 0.25) is 0 Å². The van der Waals surface area contributed by atoms with E-state index in [0.29, 0.717) is 17.1 Å². The molecule has 0 saturated carbocycles. The molecule has 0 heterocycles. The van der Waals surface area contributed by atoms with E-state index in [1.54, 1.807) is 26.4 Å². The van der Waals surface area contributed by atoms with Crippen LogP contribution in [0.1, 0.15) is 22.8 Å². The van der Waals surface area contributed by atoms with E-state index in [0.717, 1.165) is 20.1 Å². The van der Waals surface area contributed by atoms with Crippen molar-refractivity contribution in [3.63, 3.8) is 0 Å². The molecular formula is C16H16Br2O3. The first-order valence-electron chi connectivity index (χ1n) is 6.33. The van der Waals surface area contributed by atoms with Crippen LogP contribution in [-0.4, -0.2) is 19.3 Å². The van der Waals surface area contributed by atoms with E-state index < -0.39 is 6.10 Å². The second-order valence-electron chi connectivity index (χ2n) is 4.66. The maximum atomic E-state index is 10.7. The SMILES string of the molecule is COc1cc(C(O)c2cc(C)ccc2Br)c(OC)cc1Br. The Kier molecular flexibility index (Phi) is 5.30. The fourth-order valence-electron chi connectivity index (χ4n) is 2.14. The second kappa shape index (κ2) is 6.81. The van der Waals surface area contributed by atoms with Gasteiger partial charge in [-0.3, -0.25) is 0 Å². The van der Waals surface area contributed by atoms with Crippen LogP contribution in [0.5, 0.6) is 11.5 Å². The molecule has 5 heteroatoms. The molecule has 0 spiro atoms. The molecule has 2 rings (SSSR count). The summed E-state index contributed by atoms with van der Waals surface area (Å²) in [4.78, 5) is 0. The molecule has 1 atom stereocenters. The highest BCUT2D eigenvalue weighted by Crippen LogP contribution is 2.39. The lowest BCUT2D eigenvalue weighted by molar-refractivity contribution is 0.213. The van der Waals surface area contributed by atoms with Crippen LogP contribution in [0.4, 0.5) is 0 Å². The van der Waals surface area contributed by atoms with Gasteiger partial charge in [0.25, 0.3) is 0 Å². The van der Waals surface area contributed by atoms with Gasteiger partial charge in [-0.2, -0.15) is 0 Å². The maximum Gasteiger partial charge on any atom is 0.133 e. The van der Waals surface area contributed by atoms with Crippen molar-refractivity contribution in [3.05, 3.63) is 56.0 Å². The summed E-state index contributed by atoms with van der Waals surface area (Å²) in [5.74, 6) is 1.25. The summed E-state index contributed by atoms with van der Waals surface area (Å²) in [7, 11) is 3.17. The van der Waals surface area contributed by atoms with Crippen molar-refractivity contribution in [3.8, 4) is 11.5 Å². The summed E-state index contributed by atoms with van der Waals surface area (Å²) in [5, 5.41) is 10.7. The maximum absolute atomic E-state index is 10.7. The van der Waals surface area contributed by atoms with Crippen molar-refractivity contribution >= 4 is 31.9 Å². The number of hydrogen-bond acceptors (Lipinski definition) is 3. The molecule has 1 N–H and O–H groups in total. The Morgan fingerprint density at radius 1 is 0.905 bits per heavy atom. The number of rotatable bonds is 4. The number of methoxy groups -OCH3 is 2. The Bertz CT molecular complexity index is 656. The highest BCUT2D eigenvalue weighted by molar-refractivity contribution is 9.10. The smallest absolute Gasteiger partial charge is 0.133 e. The molecule has 3 nitrogen and oxygen atoms in total. The van der Waals surface area contributed by atoms with Crippen LogP contribution in [0.15, 0.2) is 39.3 Å². The summed E-state index contributed by atoms with van der Waals surface area (Å²) in [6.45, 7) is 1.99. The van der Waals surface area contributed by atoms with Crippen molar-refractivity contribution in [1.82, 2.24) is 0 Å². The van der Waals surface area contributed by atoms with E-state index >= 15 is 0 Å². The number of ether oxygens (including phenoxy) is 2. The summed E-state index contributed by atoms with van der Waals surface area (Å²) in [5.41, 5.74) is 2.52. The minimum atomic E-state index is -0.809. The quantitative estimate of drug-likeness (QED) is 0.791. The third-order valence-electron chi connectivity index (χ3n) is 3.24. The van der Waals surface area contributed by atoms with Crippen molar-refractivity contribution < 1.29 is 14.6 Å². The fraction of sp³-hybridized carbons (Fsp3) is 0.250. The van der Waals surface area contributed by atoms with Gasteiger partial charge in [0.15, 0.2) is 0 Å². The van der Waals surface area contributed by atoms with Crippen molar-refractivity contribution in [2.45, 2.75) is 13.0 Å². The molecule has 0 aromatic heterocycles. The highest BCUT2D eigenvalue weighted by atomic mass is 79.9. The molecule has 1 unspecified atom stereocenters. The zero-order chi connectivity index (χ0) is 15.6. The van der Waals surface area contributed by atoms with Crippen molar-refractivity contribution in [1.29, 1.82) is 0 Å². The van der Waals surface area contributed by atoms with Crippen LogP contribution in [0.2, 0.25) is 0 Å². The highest BCUT2D eigenvalue weighted by Gasteiger charge is 2.20. The number of aliphatic hydroxyl groups is 1. The molecule has 0 amide bonds. The zero-order valence-electron chi connectivity index (χ0n) is 12.0. The van der Waals surface area contributed by atoms with Gasteiger partial charge in [0.05, 0.1) is 18.7 Å². The number of aliphatic hydroxyl groups excluding tert-OH is 1. The minimum Gasteiger partial charge on any atom is -0.496 e. The summed E-state index contributed by atoms with van der Waals surface area (Å²) >= 11 is 6.90. The van der Waals surface area contributed by atoms with Crippen LogP contribution in [-0.2, 0) is 0 Å². The molecule has 0 fully saturated rings. The topological polar surface area (TPSA) is 38.7 Å². The van der Waals surface area contributed by atoms with Crippen molar-refractivity contribution in [2.75, 3.05) is 14.2 Å². The molecule has 0 bridgehead atoms. The first kappa shape index (κ1) is 16.3. The molecule has 2 aromatic rings. The minimum absolute atomic E-state index is 0.601. The molecule has 0 aliphatic rings. The largest absolute Gasteiger partial charge is 0.496 e. The Hall–Kier alpha value is -1.04. The Balaban J connectivity index is 2.56. The zero-order valence-corrected chi connectivity index (χ0v) is 15.2. The molecule has 0 aliphatic carbocycles. The van der Waals surface area contributed by atoms with E-state index in [1.165, 1.54) is 0 Å². The number of hydrogen-bond donors (Lipinski definition) is 1. The predicted molar refractivity (Wildman–Crippen MR) is 90.2 cm³/mol. The average Bonchev–Trinajstić information content (AvgIpc) is 2.48. The molecule has 2 aromatic carbocycles. The average molecular weight is 416 g/mol. The van der Waals surface area contributed by atoms with Crippen LogP contribution in [0.25, 0.3) is 0 Å². The Morgan fingerprint density at radius 2 is 1.57 bits per heavy atom. The van der Waals surface area contributed by atoms with E-state index in [2.05, 4.69) is 31.9 Å². The number of benzene rings is 2. The molecule has 0 saturated heterocycles. The summed E-state index contributed by atoms with van der Waals surface area (Å²) < 4.78 is 12.3. The third-order valence-corrected chi connectivity index (χ3v) is 4.59. The van der Waals surface area contributed by atoms with Gasteiger partial charge < -0.3 is 14.6 Å². The van der Waals surface area contributed by atoms with E-state index in [-0.39, 0.29) is 0 Å². The fourth-order valence-corrected chi connectivity index (χ4v) is 3.09. The summed E-state index contributed by atoms with van der Waals surface area (Å²) in [6, 6.07) is 9.43. The predicted octanol–water partition coefficient (Wildman–Crippen LogP) is 4.62. The monoisotopic (exact) mass is 414 g/mol. The summed E-state index contributed by atoms with van der Waals surface area (Å²) in [6.07, 6.45) is -0.809.